The smallest absolute Gasteiger partial charge is 0.328 e. The second-order valence-corrected chi connectivity index (χ2v) is 5.19. The molecule has 0 aromatic heterocycles. The fourth-order valence-electron chi connectivity index (χ4n) is 2.23. The summed E-state index contributed by atoms with van der Waals surface area (Å²) >= 11 is 0. The Morgan fingerprint density at radius 2 is 2.00 bits per heavy atom. The number of allylic oxidation sites excluding steroid dienone is 1. The monoisotopic (exact) mass is 282 g/mol. The zero-order chi connectivity index (χ0) is 15.3. The Morgan fingerprint density at radius 1 is 1.35 bits per heavy atom. The van der Waals surface area contributed by atoms with Gasteiger partial charge in [-0.05, 0) is 18.8 Å². The number of amides is 2. The average Bonchev–Trinajstić information content (AvgIpc) is 2.84. The standard InChI is InChI=1S/C14H22N2O4/c1-9(2)8-11(15-10(3)17)13(18)16-7-5-6-12(16)14(19)20-4/h8-9,12H,5-7H2,1-4H3,(H,15,17)/b11-8+/t12-/m0/s1. The highest BCUT2D eigenvalue weighted by Crippen LogP contribution is 2.20. The van der Waals surface area contributed by atoms with E-state index in [2.05, 4.69) is 5.32 Å². The first kappa shape index (κ1) is 16.2. The largest absolute Gasteiger partial charge is 0.467 e. The van der Waals surface area contributed by atoms with Gasteiger partial charge in [-0.3, -0.25) is 9.59 Å². The lowest BCUT2D eigenvalue weighted by atomic mass is 10.1. The number of hydrogen-bond acceptors (Lipinski definition) is 4. The van der Waals surface area contributed by atoms with Gasteiger partial charge in [0, 0.05) is 13.5 Å². The predicted molar refractivity (Wildman–Crippen MR) is 73.5 cm³/mol. The van der Waals surface area contributed by atoms with Crippen molar-refractivity contribution in [2.45, 2.75) is 39.7 Å². The summed E-state index contributed by atoms with van der Waals surface area (Å²) in [7, 11) is 1.31. The molecule has 20 heavy (non-hydrogen) atoms. The van der Waals surface area contributed by atoms with Crippen LogP contribution in [0.5, 0.6) is 0 Å². The van der Waals surface area contributed by atoms with E-state index in [1.165, 1.54) is 18.9 Å². The van der Waals surface area contributed by atoms with Gasteiger partial charge in [-0.2, -0.15) is 0 Å². The van der Waals surface area contributed by atoms with Gasteiger partial charge in [-0.15, -0.1) is 0 Å². The summed E-state index contributed by atoms with van der Waals surface area (Å²) in [6, 6.07) is -0.558. The first-order valence-electron chi connectivity index (χ1n) is 6.75. The van der Waals surface area contributed by atoms with E-state index < -0.39 is 12.0 Å². The molecule has 0 unspecified atom stereocenters. The second kappa shape index (κ2) is 7.07. The molecule has 1 aliphatic rings. The fraction of sp³-hybridized carbons (Fsp3) is 0.643. The predicted octanol–water partition coefficient (Wildman–Crippen LogP) is 0.826. The van der Waals surface area contributed by atoms with Gasteiger partial charge in [0.15, 0.2) is 0 Å². The van der Waals surface area contributed by atoms with Gasteiger partial charge in [0.05, 0.1) is 7.11 Å². The summed E-state index contributed by atoms with van der Waals surface area (Å²) in [6.45, 7) is 5.67. The molecule has 1 rings (SSSR count). The number of methoxy groups -OCH3 is 1. The van der Waals surface area contributed by atoms with Gasteiger partial charge in [-0.1, -0.05) is 19.9 Å². The number of esters is 1. The Bertz CT molecular complexity index is 429. The summed E-state index contributed by atoms with van der Waals surface area (Å²) in [5.74, 6) is -0.941. The number of ether oxygens (including phenoxy) is 1. The SMILES string of the molecule is COC(=O)[C@@H]1CCCN1C(=O)/C(=C\C(C)C)NC(C)=O. The van der Waals surface area contributed by atoms with Crippen molar-refractivity contribution < 1.29 is 19.1 Å². The maximum atomic E-state index is 12.5. The summed E-state index contributed by atoms with van der Waals surface area (Å²) in [5, 5.41) is 2.54. The van der Waals surface area contributed by atoms with Crippen molar-refractivity contribution in [3.05, 3.63) is 11.8 Å². The van der Waals surface area contributed by atoms with Crippen LogP contribution in [0.3, 0.4) is 0 Å². The zero-order valence-electron chi connectivity index (χ0n) is 12.4. The molecule has 0 aliphatic carbocycles. The quantitative estimate of drug-likeness (QED) is 0.612. The van der Waals surface area contributed by atoms with Crippen molar-refractivity contribution in [1.82, 2.24) is 10.2 Å². The summed E-state index contributed by atoms with van der Waals surface area (Å²) in [5.41, 5.74) is 0.225. The van der Waals surface area contributed by atoms with Crippen LogP contribution in [0.25, 0.3) is 0 Å². The lowest BCUT2D eigenvalue weighted by Gasteiger charge is -2.24. The maximum Gasteiger partial charge on any atom is 0.328 e. The Kier molecular flexibility index (Phi) is 5.73. The van der Waals surface area contributed by atoms with Gasteiger partial charge in [-0.25, -0.2) is 4.79 Å². The lowest BCUT2D eigenvalue weighted by Crippen LogP contribution is -2.44. The van der Waals surface area contributed by atoms with E-state index in [-0.39, 0.29) is 23.4 Å². The van der Waals surface area contributed by atoms with Crippen LogP contribution < -0.4 is 5.32 Å². The van der Waals surface area contributed by atoms with Gasteiger partial charge < -0.3 is 15.0 Å². The minimum Gasteiger partial charge on any atom is -0.467 e. The first-order chi connectivity index (χ1) is 9.36. The number of carbonyl (C=O) groups is 3. The molecule has 112 valence electrons. The summed E-state index contributed by atoms with van der Waals surface area (Å²) in [6.07, 6.45) is 3.03. The average molecular weight is 282 g/mol. The van der Waals surface area contributed by atoms with Crippen molar-refractivity contribution in [2.24, 2.45) is 5.92 Å². The summed E-state index contributed by atoms with van der Waals surface area (Å²) in [4.78, 5) is 36.8. The highest BCUT2D eigenvalue weighted by Gasteiger charge is 2.36. The van der Waals surface area contributed by atoms with E-state index in [1.54, 1.807) is 6.08 Å². The number of carbonyl (C=O) groups excluding carboxylic acids is 3. The van der Waals surface area contributed by atoms with Crippen LogP contribution >= 0.6 is 0 Å². The van der Waals surface area contributed by atoms with Crippen molar-refractivity contribution in [2.75, 3.05) is 13.7 Å². The van der Waals surface area contributed by atoms with Crippen LogP contribution in [0.2, 0.25) is 0 Å². The zero-order valence-corrected chi connectivity index (χ0v) is 12.4. The minimum absolute atomic E-state index is 0.111. The van der Waals surface area contributed by atoms with Gasteiger partial charge >= 0.3 is 5.97 Å². The number of hydrogen-bond donors (Lipinski definition) is 1. The molecule has 1 heterocycles. The summed E-state index contributed by atoms with van der Waals surface area (Å²) < 4.78 is 4.72. The topological polar surface area (TPSA) is 75.7 Å². The number of likely N-dealkylation sites (tertiary alicyclic amines) is 1. The van der Waals surface area contributed by atoms with Crippen molar-refractivity contribution >= 4 is 17.8 Å². The van der Waals surface area contributed by atoms with E-state index in [1.807, 2.05) is 13.8 Å². The van der Waals surface area contributed by atoms with Crippen LogP contribution in [0, 0.1) is 5.92 Å². The molecule has 0 aromatic rings. The molecule has 1 aliphatic heterocycles. The molecule has 1 fully saturated rings. The van der Waals surface area contributed by atoms with E-state index in [0.717, 1.165) is 6.42 Å². The van der Waals surface area contributed by atoms with Crippen LogP contribution in [-0.4, -0.2) is 42.4 Å². The highest BCUT2D eigenvalue weighted by atomic mass is 16.5. The molecular weight excluding hydrogens is 260 g/mol. The Labute approximate surface area is 119 Å². The highest BCUT2D eigenvalue weighted by molar-refractivity contribution is 5.99. The molecule has 6 nitrogen and oxygen atoms in total. The second-order valence-electron chi connectivity index (χ2n) is 5.19. The van der Waals surface area contributed by atoms with Gasteiger partial charge in [0.1, 0.15) is 11.7 Å². The third-order valence-corrected chi connectivity index (χ3v) is 3.03. The maximum absolute atomic E-state index is 12.5. The molecule has 0 aromatic carbocycles. The number of rotatable bonds is 4. The molecule has 2 amide bonds. The van der Waals surface area contributed by atoms with Crippen molar-refractivity contribution in [3.63, 3.8) is 0 Å². The van der Waals surface area contributed by atoms with Crippen LogP contribution in [0.1, 0.15) is 33.6 Å². The number of nitrogens with zero attached hydrogens (tertiary/aromatic N) is 1. The third kappa shape index (κ3) is 4.08. The number of nitrogens with one attached hydrogen (secondary N) is 1. The normalized spacial score (nSPS) is 19.1. The lowest BCUT2D eigenvalue weighted by molar-refractivity contribution is -0.150. The van der Waals surface area contributed by atoms with Crippen LogP contribution in [-0.2, 0) is 19.1 Å². The van der Waals surface area contributed by atoms with E-state index in [0.29, 0.717) is 13.0 Å². The van der Waals surface area contributed by atoms with Crippen LogP contribution in [0.15, 0.2) is 11.8 Å². The first-order valence-corrected chi connectivity index (χ1v) is 6.75. The molecule has 1 saturated heterocycles. The van der Waals surface area contributed by atoms with E-state index >= 15 is 0 Å². The van der Waals surface area contributed by atoms with Crippen molar-refractivity contribution in [3.8, 4) is 0 Å². The molecule has 0 bridgehead atoms. The molecule has 6 heteroatoms. The molecule has 0 spiro atoms. The molecule has 1 N–H and O–H groups in total. The Morgan fingerprint density at radius 3 is 2.50 bits per heavy atom. The third-order valence-electron chi connectivity index (χ3n) is 3.03. The molecular formula is C14H22N2O4. The fourth-order valence-corrected chi connectivity index (χ4v) is 2.23. The Balaban J connectivity index is 2.94. The molecule has 1 atom stereocenters. The van der Waals surface area contributed by atoms with Crippen LogP contribution in [0.4, 0.5) is 0 Å². The van der Waals surface area contributed by atoms with Crippen molar-refractivity contribution in [1.29, 1.82) is 0 Å². The van der Waals surface area contributed by atoms with E-state index in [9.17, 15) is 14.4 Å². The molecule has 0 saturated carbocycles. The molecule has 0 radical (unpaired) electrons. The van der Waals surface area contributed by atoms with E-state index in [4.69, 9.17) is 4.74 Å². The van der Waals surface area contributed by atoms with Gasteiger partial charge in [0.2, 0.25) is 5.91 Å². The Hall–Kier alpha value is -1.85. The minimum atomic E-state index is -0.558. The van der Waals surface area contributed by atoms with Gasteiger partial charge in [0.25, 0.3) is 5.91 Å².